The summed E-state index contributed by atoms with van der Waals surface area (Å²) in [5, 5.41) is 9.91. The summed E-state index contributed by atoms with van der Waals surface area (Å²) < 4.78 is 6.57. The molecule has 0 spiro atoms. The van der Waals surface area contributed by atoms with Crippen LogP contribution in [0.5, 0.6) is 0 Å². The maximum absolute atomic E-state index is 5.10. The van der Waals surface area contributed by atoms with Crippen LogP contribution in [0.4, 0.5) is 0 Å². The zero-order valence-corrected chi connectivity index (χ0v) is 28.6. The number of aromatic nitrogens is 5. The summed E-state index contributed by atoms with van der Waals surface area (Å²) in [4.78, 5) is 5.10. The molecule has 5 heteroatoms. The number of rotatable bonds is 5. The van der Waals surface area contributed by atoms with E-state index in [1.54, 1.807) is 0 Å². The molecule has 0 aliphatic carbocycles. The first-order valence-corrected chi connectivity index (χ1v) is 17.9. The molecule has 0 aliphatic rings. The molecule has 0 atom stereocenters. The number of fused-ring (bicyclic) bond motifs is 7. The third-order valence-corrected chi connectivity index (χ3v) is 10.5. The van der Waals surface area contributed by atoms with Crippen molar-refractivity contribution in [3.05, 3.63) is 188 Å². The smallest absolute Gasteiger partial charge is 0.182 e. The van der Waals surface area contributed by atoms with Gasteiger partial charge in [0.15, 0.2) is 11.5 Å². The SMILES string of the molecule is c1ccc(-n2c3ccccc3c3cc(-c4cccc(-c5cccn6nc(-c7ccc(-n8c9ccccc9c9ccccc98)cc7)nc56)c4)ccc32)cc1. The minimum Gasteiger partial charge on any atom is -0.309 e. The van der Waals surface area contributed by atoms with E-state index < -0.39 is 0 Å². The first kappa shape index (κ1) is 29.5. The van der Waals surface area contributed by atoms with E-state index in [1.165, 1.54) is 49.2 Å². The van der Waals surface area contributed by atoms with Gasteiger partial charge in [0.05, 0.1) is 22.1 Å². The number of pyridine rings is 1. The zero-order chi connectivity index (χ0) is 34.9. The first-order chi connectivity index (χ1) is 26.3. The molecule has 0 unspecified atom stereocenters. The Morgan fingerprint density at radius 2 is 0.906 bits per heavy atom. The van der Waals surface area contributed by atoms with Gasteiger partial charge in [-0.2, -0.15) is 0 Å². The van der Waals surface area contributed by atoms with Crippen LogP contribution >= 0.6 is 0 Å². The number of hydrogen-bond donors (Lipinski definition) is 0. The molecule has 0 bridgehead atoms. The minimum atomic E-state index is 0.697. The van der Waals surface area contributed by atoms with Crippen LogP contribution in [-0.4, -0.2) is 23.7 Å². The van der Waals surface area contributed by atoms with Crippen LogP contribution in [0.15, 0.2) is 188 Å². The molecule has 5 nitrogen and oxygen atoms in total. The van der Waals surface area contributed by atoms with Crippen molar-refractivity contribution in [1.82, 2.24) is 23.7 Å². The Balaban J connectivity index is 0.966. The zero-order valence-electron chi connectivity index (χ0n) is 28.6. The highest BCUT2D eigenvalue weighted by molar-refractivity contribution is 6.11. The van der Waals surface area contributed by atoms with Crippen molar-refractivity contribution in [2.24, 2.45) is 0 Å². The second-order valence-corrected chi connectivity index (χ2v) is 13.5. The summed E-state index contributed by atoms with van der Waals surface area (Å²) in [7, 11) is 0. The van der Waals surface area contributed by atoms with Gasteiger partial charge in [-0.3, -0.25) is 0 Å². The van der Waals surface area contributed by atoms with E-state index in [2.05, 4.69) is 185 Å². The Kier molecular flexibility index (Phi) is 6.48. The highest BCUT2D eigenvalue weighted by Gasteiger charge is 2.16. The van der Waals surface area contributed by atoms with E-state index >= 15 is 0 Å². The van der Waals surface area contributed by atoms with Gasteiger partial charge in [0.25, 0.3) is 0 Å². The fraction of sp³-hybridized carbons (Fsp3) is 0. The Morgan fingerprint density at radius 3 is 1.60 bits per heavy atom. The Morgan fingerprint density at radius 1 is 0.358 bits per heavy atom. The van der Waals surface area contributed by atoms with Gasteiger partial charge in [-0.25, -0.2) is 9.50 Å². The summed E-state index contributed by atoms with van der Waals surface area (Å²) in [6.45, 7) is 0. The van der Waals surface area contributed by atoms with Gasteiger partial charge in [0.2, 0.25) is 0 Å². The van der Waals surface area contributed by atoms with E-state index in [-0.39, 0.29) is 0 Å². The fourth-order valence-electron chi connectivity index (χ4n) is 8.09. The molecule has 7 aromatic carbocycles. The largest absolute Gasteiger partial charge is 0.309 e. The van der Waals surface area contributed by atoms with E-state index in [9.17, 15) is 0 Å². The molecular formula is C48H31N5. The Bertz CT molecular complexity index is 3110. The predicted molar refractivity (Wildman–Crippen MR) is 218 cm³/mol. The van der Waals surface area contributed by atoms with Gasteiger partial charge in [-0.1, -0.05) is 97.1 Å². The molecular weight excluding hydrogens is 647 g/mol. The third-order valence-electron chi connectivity index (χ3n) is 10.5. The van der Waals surface area contributed by atoms with Crippen LogP contribution in [0.2, 0.25) is 0 Å². The number of nitrogens with zero attached hydrogens (tertiary/aromatic N) is 5. The molecule has 11 aromatic rings. The van der Waals surface area contributed by atoms with Crippen LogP contribution in [0.25, 0.3) is 94.3 Å². The standard InChI is InChI=1S/C48H31N5/c1-2-14-36(15-3-1)52-45-22-9-6-18-41(45)42-31-34(25-28-46(42)52)33-12-10-13-35(30-33)38-19-11-29-51-48(38)49-47(50-51)32-23-26-37(27-24-32)53-43-20-7-4-16-39(43)40-17-5-8-21-44(40)53/h1-31H. The van der Waals surface area contributed by atoms with E-state index in [4.69, 9.17) is 10.1 Å². The average Bonchev–Trinajstić information content (AvgIpc) is 3.92. The predicted octanol–water partition coefficient (Wildman–Crippen LogP) is 11.9. The summed E-state index contributed by atoms with van der Waals surface area (Å²) >= 11 is 0. The molecule has 0 N–H and O–H groups in total. The van der Waals surface area contributed by atoms with Gasteiger partial charge in [0, 0.05) is 50.2 Å². The molecule has 248 valence electrons. The molecule has 0 aliphatic heterocycles. The summed E-state index contributed by atoms with van der Waals surface area (Å²) in [5.74, 6) is 0.697. The first-order valence-electron chi connectivity index (χ1n) is 17.9. The maximum atomic E-state index is 5.10. The second-order valence-electron chi connectivity index (χ2n) is 13.5. The molecule has 0 radical (unpaired) electrons. The minimum absolute atomic E-state index is 0.697. The molecule has 0 fully saturated rings. The summed E-state index contributed by atoms with van der Waals surface area (Å²) in [6.07, 6.45) is 1.97. The van der Waals surface area contributed by atoms with Crippen molar-refractivity contribution in [3.63, 3.8) is 0 Å². The molecule has 11 rings (SSSR count). The van der Waals surface area contributed by atoms with Crippen molar-refractivity contribution < 1.29 is 0 Å². The van der Waals surface area contributed by atoms with Crippen molar-refractivity contribution in [2.75, 3.05) is 0 Å². The Labute approximate surface area is 305 Å². The van der Waals surface area contributed by atoms with E-state index in [0.717, 1.165) is 39.3 Å². The quantitative estimate of drug-likeness (QED) is 0.182. The summed E-state index contributed by atoms with van der Waals surface area (Å²) in [6, 6.07) is 64.8. The molecule has 0 saturated carbocycles. The molecule has 0 amide bonds. The lowest BCUT2D eigenvalue weighted by Crippen LogP contribution is -1.93. The molecule has 53 heavy (non-hydrogen) atoms. The lowest BCUT2D eigenvalue weighted by molar-refractivity contribution is 0.966. The van der Waals surface area contributed by atoms with Gasteiger partial charge in [-0.05, 0) is 102 Å². The Hall–Kier alpha value is -7.24. The molecule has 0 saturated heterocycles. The summed E-state index contributed by atoms with van der Waals surface area (Å²) in [5.41, 5.74) is 13.3. The average molecular weight is 678 g/mol. The number of para-hydroxylation sites is 4. The lowest BCUT2D eigenvalue weighted by atomic mass is 9.98. The van der Waals surface area contributed by atoms with E-state index in [0.29, 0.717) is 5.82 Å². The maximum Gasteiger partial charge on any atom is 0.182 e. The van der Waals surface area contributed by atoms with Crippen LogP contribution in [0.3, 0.4) is 0 Å². The van der Waals surface area contributed by atoms with Gasteiger partial charge in [-0.15, -0.1) is 5.10 Å². The molecule has 4 heterocycles. The normalized spacial score (nSPS) is 11.8. The second kappa shape index (κ2) is 11.7. The lowest BCUT2D eigenvalue weighted by Gasteiger charge is -2.09. The third kappa shape index (κ3) is 4.64. The van der Waals surface area contributed by atoms with Crippen LogP contribution < -0.4 is 0 Å². The van der Waals surface area contributed by atoms with Gasteiger partial charge in [0.1, 0.15) is 0 Å². The highest BCUT2D eigenvalue weighted by Crippen LogP contribution is 2.37. The van der Waals surface area contributed by atoms with Crippen LogP contribution in [0.1, 0.15) is 0 Å². The van der Waals surface area contributed by atoms with Gasteiger partial charge < -0.3 is 9.13 Å². The number of benzene rings is 7. The van der Waals surface area contributed by atoms with E-state index in [1.807, 2.05) is 16.8 Å². The monoisotopic (exact) mass is 677 g/mol. The van der Waals surface area contributed by atoms with Crippen molar-refractivity contribution in [3.8, 4) is 45.0 Å². The molecule has 4 aromatic heterocycles. The number of hydrogen-bond acceptors (Lipinski definition) is 2. The van der Waals surface area contributed by atoms with Gasteiger partial charge >= 0.3 is 0 Å². The topological polar surface area (TPSA) is 40.0 Å². The van der Waals surface area contributed by atoms with Crippen LogP contribution in [0, 0.1) is 0 Å². The van der Waals surface area contributed by atoms with Crippen molar-refractivity contribution in [2.45, 2.75) is 0 Å². The van der Waals surface area contributed by atoms with Crippen molar-refractivity contribution in [1.29, 1.82) is 0 Å². The van der Waals surface area contributed by atoms with Crippen LogP contribution in [-0.2, 0) is 0 Å². The highest BCUT2D eigenvalue weighted by atomic mass is 15.3. The van der Waals surface area contributed by atoms with Crippen molar-refractivity contribution >= 4 is 49.3 Å². The fourth-order valence-corrected chi connectivity index (χ4v) is 8.09.